The Bertz CT molecular complexity index is 1100. The minimum atomic E-state index is -0.183. The van der Waals surface area contributed by atoms with Gasteiger partial charge in [0.1, 0.15) is 18.0 Å². The molecular formula is C20H18FN7. The van der Waals surface area contributed by atoms with E-state index < -0.39 is 0 Å². The average Bonchev–Trinajstić information content (AvgIpc) is 3.19. The summed E-state index contributed by atoms with van der Waals surface area (Å²) in [6, 6.07) is 12.6. The molecule has 3 aromatic heterocycles. The van der Waals surface area contributed by atoms with Crippen LogP contribution < -0.4 is 9.80 Å². The zero-order chi connectivity index (χ0) is 18.9. The van der Waals surface area contributed by atoms with Crippen molar-refractivity contribution in [3.8, 4) is 5.82 Å². The lowest BCUT2D eigenvalue weighted by atomic mass is 10.2. The van der Waals surface area contributed by atoms with Gasteiger partial charge in [0.25, 0.3) is 0 Å². The zero-order valence-electron chi connectivity index (χ0n) is 15.1. The van der Waals surface area contributed by atoms with Crippen molar-refractivity contribution in [2.75, 3.05) is 36.0 Å². The molecule has 0 saturated carbocycles. The maximum atomic E-state index is 14.1. The van der Waals surface area contributed by atoms with E-state index in [0.717, 1.165) is 43.0 Å². The molecule has 1 fully saturated rings. The van der Waals surface area contributed by atoms with Crippen molar-refractivity contribution >= 4 is 22.5 Å². The summed E-state index contributed by atoms with van der Waals surface area (Å²) in [4.78, 5) is 17.5. The minimum absolute atomic E-state index is 0.183. The molecule has 5 rings (SSSR count). The molecule has 0 unspecified atom stereocenters. The number of rotatable bonds is 3. The van der Waals surface area contributed by atoms with Crippen LogP contribution in [0.4, 0.5) is 15.9 Å². The van der Waals surface area contributed by atoms with Crippen LogP contribution in [0.5, 0.6) is 0 Å². The number of benzene rings is 1. The number of aromatic nitrogens is 5. The topological polar surface area (TPSA) is 63.0 Å². The highest BCUT2D eigenvalue weighted by Crippen LogP contribution is 2.26. The molecule has 4 aromatic rings. The van der Waals surface area contributed by atoms with E-state index in [2.05, 4.69) is 29.9 Å². The summed E-state index contributed by atoms with van der Waals surface area (Å²) < 4.78 is 15.8. The molecule has 0 atom stereocenters. The van der Waals surface area contributed by atoms with E-state index in [1.165, 1.54) is 6.07 Å². The molecule has 1 aromatic carbocycles. The molecule has 0 N–H and O–H groups in total. The van der Waals surface area contributed by atoms with E-state index in [0.29, 0.717) is 11.5 Å². The molecular weight excluding hydrogens is 357 g/mol. The Kier molecular flexibility index (Phi) is 4.08. The Balaban J connectivity index is 1.42. The first-order chi connectivity index (χ1) is 13.8. The quantitative estimate of drug-likeness (QED) is 0.549. The monoisotopic (exact) mass is 375 g/mol. The summed E-state index contributed by atoms with van der Waals surface area (Å²) in [6.45, 7) is 2.94. The average molecular weight is 375 g/mol. The fourth-order valence-corrected chi connectivity index (χ4v) is 3.60. The first-order valence-corrected chi connectivity index (χ1v) is 9.16. The van der Waals surface area contributed by atoms with Crippen LogP contribution >= 0.6 is 0 Å². The number of halogens is 1. The van der Waals surface area contributed by atoms with Crippen LogP contribution in [0.15, 0.2) is 61.2 Å². The summed E-state index contributed by atoms with van der Waals surface area (Å²) in [5.74, 6) is 1.38. The molecule has 0 spiro atoms. The van der Waals surface area contributed by atoms with Crippen molar-refractivity contribution < 1.29 is 4.39 Å². The number of pyridine rings is 1. The van der Waals surface area contributed by atoms with Crippen molar-refractivity contribution in [2.45, 2.75) is 0 Å². The first kappa shape index (κ1) is 16.6. The molecule has 0 aliphatic carbocycles. The van der Waals surface area contributed by atoms with Gasteiger partial charge in [-0.15, -0.1) is 0 Å². The normalized spacial score (nSPS) is 14.6. The zero-order valence-corrected chi connectivity index (χ0v) is 15.1. The second-order valence-electron chi connectivity index (χ2n) is 6.60. The van der Waals surface area contributed by atoms with Gasteiger partial charge in [0.05, 0.1) is 17.3 Å². The summed E-state index contributed by atoms with van der Waals surface area (Å²) in [7, 11) is 0. The second kappa shape index (κ2) is 6.88. The third kappa shape index (κ3) is 2.83. The van der Waals surface area contributed by atoms with Gasteiger partial charge >= 0.3 is 0 Å². The van der Waals surface area contributed by atoms with Crippen molar-refractivity contribution in [3.63, 3.8) is 0 Å². The second-order valence-corrected chi connectivity index (χ2v) is 6.60. The van der Waals surface area contributed by atoms with Gasteiger partial charge in [-0.25, -0.2) is 19.3 Å². The molecule has 1 saturated heterocycles. The van der Waals surface area contributed by atoms with Crippen LogP contribution in [0, 0.1) is 5.82 Å². The molecule has 0 amide bonds. The molecule has 0 radical (unpaired) electrons. The third-order valence-electron chi connectivity index (χ3n) is 4.98. The standard InChI is InChI=1S/C20H18FN7/c21-16-5-1-2-6-17(16)26-9-11-27(12-10-26)19-15-13-25-28(20(15)24-14-23-19)18-7-3-4-8-22-18/h1-8,13-14H,9-12H2. The van der Waals surface area contributed by atoms with Crippen LogP contribution in [0.25, 0.3) is 16.9 Å². The van der Waals surface area contributed by atoms with Crippen LogP contribution in [0.1, 0.15) is 0 Å². The highest BCUT2D eigenvalue weighted by molar-refractivity contribution is 5.87. The molecule has 1 aliphatic rings. The van der Waals surface area contributed by atoms with Crippen molar-refractivity contribution in [1.29, 1.82) is 0 Å². The lowest BCUT2D eigenvalue weighted by Gasteiger charge is -2.36. The minimum Gasteiger partial charge on any atom is -0.366 e. The predicted octanol–water partition coefficient (Wildman–Crippen LogP) is 2.68. The fourth-order valence-electron chi connectivity index (χ4n) is 3.60. The third-order valence-corrected chi connectivity index (χ3v) is 4.98. The largest absolute Gasteiger partial charge is 0.366 e. The summed E-state index contributed by atoms with van der Waals surface area (Å²) in [6.07, 6.45) is 5.07. The Morgan fingerprint density at radius 3 is 2.39 bits per heavy atom. The highest BCUT2D eigenvalue weighted by Gasteiger charge is 2.23. The number of piperazine rings is 1. The molecule has 8 heteroatoms. The highest BCUT2D eigenvalue weighted by atomic mass is 19.1. The van der Waals surface area contributed by atoms with Crippen LogP contribution in [0.2, 0.25) is 0 Å². The van der Waals surface area contributed by atoms with E-state index in [4.69, 9.17) is 0 Å². The number of hydrogen-bond donors (Lipinski definition) is 0. The van der Waals surface area contributed by atoms with Crippen LogP contribution in [0.3, 0.4) is 0 Å². The van der Waals surface area contributed by atoms with Crippen molar-refractivity contribution in [2.24, 2.45) is 0 Å². The number of para-hydroxylation sites is 1. The number of nitrogens with zero attached hydrogens (tertiary/aromatic N) is 7. The van der Waals surface area contributed by atoms with Crippen molar-refractivity contribution in [1.82, 2.24) is 24.7 Å². The number of hydrogen-bond acceptors (Lipinski definition) is 6. The molecule has 0 bridgehead atoms. The molecule has 4 heterocycles. The Morgan fingerprint density at radius 2 is 1.61 bits per heavy atom. The van der Waals surface area contributed by atoms with E-state index in [-0.39, 0.29) is 5.82 Å². The van der Waals surface area contributed by atoms with Crippen LogP contribution in [-0.2, 0) is 0 Å². The van der Waals surface area contributed by atoms with Gasteiger partial charge < -0.3 is 9.80 Å². The van der Waals surface area contributed by atoms with E-state index in [1.54, 1.807) is 29.5 Å². The maximum Gasteiger partial charge on any atom is 0.170 e. The van der Waals surface area contributed by atoms with Gasteiger partial charge in [0, 0.05) is 32.4 Å². The molecule has 7 nitrogen and oxygen atoms in total. The molecule has 1 aliphatic heterocycles. The van der Waals surface area contributed by atoms with Gasteiger partial charge in [-0.1, -0.05) is 18.2 Å². The number of fused-ring (bicyclic) bond motifs is 1. The SMILES string of the molecule is Fc1ccccc1N1CCN(c2ncnc3c2cnn3-c2ccccn2)CC1. The van der Waals surface area contributed by atoms with E-state index in [9.17, 15) is 4.39 Å². The van der Waals surface area contributed by atoms with Gasteiger partial charge in [-0.05, 0) is 24.3 Å². The first-order valence-electron chi connectivity index (χ1n) is 9.16. The summed E-state index contributed by atoms with van der Waals surface area (Å²) in [5, 5.41) is 5.34. The Hall–Kier alpha value is -3.55. The van der Waals surface area contributed by atoms with Crippen molar-refractivity contribution in [3.05, 3.63) is 67.0 Å². The summed E-state index contributed by atoms with van der Waals surface area (Å²) in [5.41, 5.74) is 1.37. The van der Waals surface area contributed by atoms with E-state index in [1.807, 2.05) is 30.3 Å². The smallest absolute Gasteiger partial charge is 0.170 e. The van der Waals surface area contributed by atoms with Gasteiger partial charge in [0.2, 0.25) is 0 Å². The predicted molar refractivity (Wildman–Crippen MR) is 105 cm³/mol. The fraction of sp³-hybridized carbons (Fsp3) is 0.200. The van der Waals surface area contributed by atoms with Crippen LogP contribution in [-0.4, -0.2) is 50.9 Å². The Labute approximate surface area is 161 Å². The summed E-state index contributed by atoms with van der Waals surface area (Å²) >= 11 is 0. The lowest BCUT2D eigenvalue weighted by molar-refractivity contribution is 0.596. The van der Waals surface area contributed by atoms with E-state index >= 15 is 0 Å². The number of anilines is 2. The van der Waals surface area contributed by atoms with Gasteiger partial charge in [-0.2, -0.15) is 9.78 Å². The molecule has 140 valence electrons. The van der Waals surface area contributed by atoms with Gasteiger partial charge in [0.15, 0.2) is 11.5 Å². The maximum absolute atomic E-state index is 14.1. The van der Waals surface area contributed by atoms with Gasteiger partial charge in [-0.3, -0.25) is 0 Å². The molecule has 28 heavy (non-hydrogen) atoms. The lowest BCUT2D eigenvalue weighted by Crippen LogP contribution is -2.47. The Morgan fingerprint density at radius 1 is 0.821 bits per heavy atom.